The standard InChI is InChI=1S/C13H17ClN2O3/c1-19-12(17)7-9-16-13(18)15-8-6-10-4-2-3-5-11(10)14/h2-5H,6-9H2,1H3,(H2,15,16,18). The minimum absolute atomic E-state index is 0.161. The minimum Gasteiger partial charge on any atom is -0.469 e. The van der Waals surface area contributed by atoms with Crippen LogP contribution in [0.15, 0.2) is 24.3 Å². The highest BCUT2D eigenvalue weighted by Gasteiger charge is 2.04. The third-order valence-electron chi connectivity index (χ3n) is 2.48. The highest BCUT2D eigenvalue weighted by atomic mass is 35.5. The van der Waals surface area contributed by atoms with Gasteiger partial charge in [-0.3, -0.25) is 4.79 Å². The van der Waals surface area contributed by atoms with Gasteiger partial charge in [0, 0.05) is 18.1 Å². The van der Waals surface area contributed by atoms with E-state index >= 15 is 0 Å². The summed E-state index contributed by atoms with van der Waals surface area (Å²) in [6, 6.07) is 7.18. The van der Waals surface area contributed by atoms with Gasteiger partial charge >= 0.3 is 12.0 Å². The maximum absolute atomic E-state index is 11.4. The van der Waals surface area contributed by atoms with Crippen LogP contribution in [0.25, 0.3) is 0 Å². The number of urea groups is 1. The number of carbonyl (C=O) groups excluding carboxylic acids is 2. The Balaban J connectivity index is 2.17. The quantitative estimate of drug-likeness (QED) is 0.782. The third-order valence-corrected chi connectivity index (χ3v) is 2.85. The van der Waals surface area contributed by atoms with Gasteiger partial charge < -0.3 is 15.4 Å². The molecule has 0 bridgehead atoms. The smallest absolute Gasteiger partial charge is 0.314 e. The first-order chi connectivity index (χ1) is 9.13. The molecule has 2 N–H and O–H groups in total. The first-order valence-electron chi connectivity index (χ1n) is 5.95. The molecule has 2 amide bonds. The second kappa shape index (κ2) is 8.37. The zero-order valence-electron chi connectivity index (χ0n) is 10.7. The lowest BCUT2D eigenvalue weighted by Gasteiger charge is -2.08. The van der Waals surface area contributed by atoms with E-state index in [9.17, 15) is 9.59 Å². The van der Waals surface area contributed by atoms with Crippen molar-refractivity contribution < 1.29 is 14.3 Å². The average molecular weight is 285 g/mol. The van der Waals surface area contributed by atoms with Gasteiger partial charge in [0.05, 0.1) is 13.5 Å². The van der Waals surface area contributed by atoms with Crippen LogP contribution in [0.2, 0.25) is 5.02 Å². The van der Waals surface area contributed by atoms with E-state index in [2.05, 4.69) is 15.4 Å². The summed E-state index contributed by atoms with van der Waals surface area (Å²) < 4.78 is 4.46. The van der Waals surface area contributed by atoms with Gasteiger partial charge in [-0.1, -0.05) is 29.8 Å². The van der Waals surface area contributed by atoms with E-state index in [1.807, 2.05) is 24.3 Å². The molecule has 0 spiro atoms. The molecule has 0 aromatic heterocycles. The molecule has 1 aromatic carbocycles. The summed E-state index contributed by atoms with van der Waals surface area (Å²) in [5, 5.41) is 5.94. The molecule has 19 heavy (non-hydrogen) atoms. The molecule has 0 fully saturated rings. The van der Waals surface area contributed by atoms with Gasteiger partial charge in [0.25, 0.3) is 0 Å². The number of esters is 1. The second-order valence-electron chi connectivity index (χ2n) is 3.85. The molecule has 0 aliphatic heterocycles. The number of rotatable bonds is 6. The number of halogens is 1. The van der Waals surface area contributed by atoms with Crippen molar-refractivity contribution in [2.45, 2.75) is 12.8 Å². The normalized spacial score (nSPS) is 9.79. The summed E-state index contributed by atoms with van der Waals surface area (Å²) in [6.45, 7) is 0.735. The van der Waals surface area contributed by atoms with Crippen molar-refractivity contribution in [2.75, 3.05) is 20.2 Å². The summed E-state index contributed by atoms with van der Waals surface area (Å²) in [7, 11) is 1.31. The summed E-state index contributed by atoms with van der Waals surface area (Å²) in [4.78, 5) is 22.2. The zero-order chi connectivity index (χ0) is 14.1. The Hall–Kier alpha value is -1.75. The molecular weight excluding hydrogens is 268 g/mol. The van der Waals surface area contributed by atoms with Crippen molar-refractivity contribution in [3.05, 3.63) is 34.9 Å². The van der Waals surface area contributed by atoms with Crippen LogP contribution in [-0.2, 0) is 16.0 Å². The molecule has 0 radical (unpaired) electrons. The van der Waals surface area contributed by atoms with Crippen LogP contribution in [0.1, 0.15) is 12.0 Å². The maximum Gasteiger partial charge on any atom is 0.314 e. The number of ether oxygens (including phenoxy) is 1. The molecule has 6 heteroatoms. The van der Waals surface area contributed by atoms with E-state index in [1.165, 1.54) is 7.11 Å². The van der Waals surface area contributed by atoms with E-state index < -0.39 is 0 Å². The molecule has 0 heterocycles. The third kappa shape index (κ3) is 6.10. The number of hydrogen-bond acceptors (Lipinski definition) is 3. The molecule has 0 saturated heterocycles. The van der Waals surface area contributed by atoms with Crippen molar-refractivity contribution in [2.24, 2.45) is 0 Å². The molecule has 104 valence electrons. The van der Waals surface area contributed by atoms with E-state index in [0.717, 1.165) is 5.56 Å². The van der Waals surface area contributed by atoms with Crippen LogP contribution in [0.3, 0.4) is 0 Å². The predicted molar refractivity (Wildman–Crippen MR) is 73.2 cm³/mol. The molecule has 5 nitrogen and oxygen atoms in total. The van der Waals surface area contributed by atoms with Crippen LogP contribution in [0.5, 0.6) is 0 Å². The number of methoxy groups -OCH3 is 1. The number of benzene rings is 1. The number of carbonyl (C=O) groups is 2. The maximum atomic E-state index is 11.4. The Morgan fingerprint density at radius 2 is 1.89 bits per heavy atom. The fourth-order valence-corrected chi connectivity index (χ4v) is 1.68. The molecule has 1 aromatic rings. The van der Waals surface area contributed by atoms with Gasteiger partial charge in [-0.25, -0.2) is 4.79 Å². The second-order valence-corrected chi connectivity index (χ2v) is 4.26. The zero-order valence-corrected chi connectivity index (χ0v) is 11.5. The van der Waals surface area contributed by atoms with E-state index in [4.69, 9.17) is 11.6 Å². The molecule has 0 saturated carbocycles. The van der Waals surface area contributed by atoms with E-state index in [0.29, 0.717) is 18.0 Å². The summed E-state index contributed by atoms with van der Waals surface area (Å²) in [5.41, 5.74) is 0.985. The molecule has 0 aliphatic rings. The topological polar surface area (TPSA) is 67.4 Å². The van der Waals surface area contributed by atoms with Gasteiger partial charge in [-0.05, 0) is 18.1 Å². The fourth-order valence-electron chi connectivity index (χ4n) is 1.45. The Labute approximate surface area is 117 Å². The van der Waals surface area contributed by atoms with Crippen LogP contribution in [-0.4, -0.2) is 32.2 Å². The summed E-state index contributed by atoms with van der Waals surface area (Å²) >= 11 is 5.99. The number of hydrogen-bond donors (Lipinski definition) is 2. The fraction of sp³-hybridized carbons (Fsp3) is 0.385. The number of nitrogens with one attached hydrogen (secondary N) is 2. The average Bonchev–Trinajstić information content (AvgIpc) is 2.40. The Kier molecular flexibility index (Phi) is 6.74. The highest BCUT2D eigenvalue weighted by molar-refractivity contribution is 6.31. The SMILES string of the molecule is COC(=O)CCNC(=O)NCCc1ccccc1Cl. The van der Waals surface area contributed by atoms with E-state index in [-0.39, 0.29) is 25.0 Å². The van der Waals surface area contributed by atoms with Gasteiger partial charge in [-0.15, -0.1) is 0 Å². The number of amides is 2. The van der Waals surface area contributed by atoms with Crippen LogP contribution in [0, 0.1) is 0 Å². The van der Waals surface area contributed by atoms with Crippen molar-refractivity contribution in [1.29, 1.82) is 0 Å². The van der Waals surface area contributed by atoms with Crippen molar-refractivity contribution in [1.82, 2.24) is 10.6 Å². The van der Waals surface area contributed by atoms with Crippen molar-refractivity contribution in [3.8, 4) is 0 Å². The Morgan fingerprint density at radius 1 is 1.21 bits per heavy atom. The molecule has 0 unspecified atom stereocenters. The first-order valence-corrected chi connectivity index (χ1v) is 6.33. The van der Waals surface area contributed by atoms with Crippen LogP contribution < -0.4 is 10.6 Å². The molecule has 0 aliphatic carbocycles. The van der Waals surface area contributed by atoms with Gasteiger partial charge in [0.15, 0.2) is 0 Å². The Morgan fingerprint density at radius 3 is 2.58 bits per heavy atom. The van der Waals surface area contributed by atoms with Crippen molar-refractivity contribution >= 4 is 23.6 Å². The lowest BCUT2D eigenvalue weighted by Crippen LogP contribution is -2.37. The Bertz CT molecular complexity index is 438. The molecular formula is C13H17ClN2O3. The molecule has 0 atom stereocenters. The first kappa shape index (κ1) is 15.3. The highest BCUT2D eigenvalue weighted by Crippen LogP contribution is 2.14. The van der Waals surface area contributed by atoms with Gasteiger partial charge in [0.1, 0.15) is 0 Å². The van der Waals surface area contributed by atoms with Crippen molar-refractivity contribution in [3.63, 3.8) is 0 Å². The lowest BCUT2D eigenvalue weighted by atomic mass is 10.1. The molecule has 1 rings (SSSR count). The van der Waals surface area contributed by atoms with Crippen LogP contribution >= 0.6 is 11.6 Å². The van der Waals surface area contributed by atoms with E-state index in [1.54, 1.807) is 0 Å². The largest absolute Gasteiger partial charge is 0.469 e. The minimum atomic E-state index is -0.351. The summed E-state index contributed by atoms with van der Waals surface area (Å²) in [5.74, 6) is -0.351. The summed E-state index contributed by atoms with van der Waals surface area (Å²) in [6.07, 6.45) is 0.818. The van der Waals surface area contributed by atoms with Gasteiger partial charge in [0.2, 0.25) is 0 Å². The van der Waals surface area contributed by atoms with Gasteiger partial charge in [-0.2, -0.15) is 0 Å². The lowest BCUT2D eigenvalue weighted by molar-refractivity contribution is -0.140. The monoisotopic (exact) mass is 284 g/mol. The predicted octanol–water partition coefficient (Wildman–Crippen LogP) is 1.74. The van der Waals surface area contributed by atoms with Crippen LogP contribution in [0.4, 0.5) is 4.79 Å².